The molecule has 14 heavy (non-hydrogen) atoms. The number of hydrogen-bond donors (Lipinski definition) is 2. The van der Waals surface area contributed by atoms with Gasteiger partial charge in [-0.3, -0.25) is 4.79 Å². The summed E-state index contributed by atoms with van der Waals surface area (Å²) < 4.78 is 0.904. The van der Waals surface area contributed by atoms with Gasteiger partial charge in [-0.2, -0.15) is 0 Å². The van der Waals surface area contributed by atoms with Gasteiger partial charge in [-0.25, -0.2) is 0 Å². The van der Waals surface area contributed by atoms with Gasteiger partial charge < -0.3 is 10.8 Å². The lowest BCUT2D eigenvalue weighted by molar-refractivity contribution is 0.100. The predicted octanol–water partition coefficient (Wildman–Crippen LogP) is 1.75. The van der Waals surface area contributed by atoms with Gasteiger partial charge in [0.25, 0.3) is 0 Å². The Bertz CT molecular complexity index is 490. The number of rotatable bonds is 2. The number of thiophene rings is 1. The van der Waals surface area contributed by atoms with Crippen molar-refractivity contribution in [1.29, 1.82) is 0 Å². The van der Waals surface area contributed by atoms with Crippen LogP contribution in [0.3, 0.4) is 0 Å². The molecule has 2 rings (SSSR count). The third-order valence-electron chi connectivity index (χ3n) is 2.01. The lowest BCUT2D eigenvalue weighted by Crippen LogP contribution is -2.11. The van der Waals surface area contributed by atoms with E-state index < -0.39 is 0 Å². The first-order valence-electron chi connectivity index (χ1n) is 4.18. The summed E-state index contributed by atoms with van der Waals surface area (Å²) in [6.07, 6.45) is 0. The molecule has 0 bridgehead atoms. The summed E-state index contributed by atoms with van der Waals surface area (Å²) in [5.74, 6) is -0.162. The molecule has 0 radical (unpaired) electrons. The third-order valence-corrected chi connectivity index (χ3v) is 3.21. The van der Waals surface area contributed by atoms with E-state index >= 15 is 0 Å². The van der Waals surface area contributed by atoms with Crippen LogP contribution >= 0.6 is 11.3 Å². The van der Waals surface area contributed by atoms with Gasteiger partial charge in [0.15, 0.2) is 5.78 Å². The summed E-state index contributed by atoms with van der Waals surface area (Å²) in [4.78, 5) is 11.7. The fourth-order valence-electron chi connectivity index (χ4n) is 1.31. The van der Waals surface area contributed by atoms with Crippen LogP contribution in [0.4, 0.5) is 0 Å². The number of nitrogens with two attached hydrogens (primary N) is 1. The van der Waals surface area contributed by atoms with Gasteiger partial charge in [0.2, 0.25) is 0 Å². The first-order chi connectivity index (χ1) is 6.74. The summed E-state index contributed by atoms with van der Waals surface area (Å²) in [7, 11) is 0. The van der Waals surface area contributed by atoms with Crippen molar-refractivity contribution < 1.29 is 9.90 Å². The van der Waals surface area contributed by atoms with Crippen molar-refractivity contribution in [2.75, 3.05) is 6.54 Å². The molecule has 0 unspecified atom stereocenters. The van der Waals surface area contributed by atoms with Crippen molar-refractivity contribution >= 4 is 27.2 Å². The second-order valence-electron chi connectivity index (χ2n) is 2.90. The number of aromatic hydroxyl groups is 1. The number of benzene rings is 1. The second kappa shape index (κ2) is 3.40. The number of hydrogen-bond acceptors (Lipinski definition) is 4. The van der Waals surface area contributed by atoms with Crippen molar-refractivity contribution in [3.05, 3.63) is 29.1 Å². The van der Waals surface area contributed by atoms with Crippen molar-refractivity contribution in [3.8, 4) is 5.75 Å². The summed E-state index contributed by atoms with van der Waals surface area (Å²) in [5.41, 5.74) is 5.24. The average Bonchev–Trinajstić information content (AvgIpc) is 2.56. The number of fused-ring (bicyclic) bond motifs is 1. The molecule has 0 aliphatic carbocycles. The zero-order valence-electron chi connectivity index (χ0n) is 7.36. The highest BCUT2D eigenvalue weighted by atomic mass is 32.1. The molecule has 72 valence electrons. The van der Waals surface area contributed by atoms with Crippen LogP contribution in [-0.4, -0.2) is 17.4 Å². The minimum Gasteiger partial charge on any atom is -0.506 e. The van der Waals surface area contributed by atoms with Crippen molar-refractivity contribution in [1.82, 2.24) is 0 Å². The van der Waals surface area contributed by atoms with E-state index in [4.69, 9.17) is 5.73 Å². The summed E-state index contributed by atoms with van der Waals surface area (Å²) in [6.45, 7) is -0.0691. The molecule has 2 aromatic rings. The Morgan fingerprint density at radius 2 is 2.14 bits per heavy atom. The molecule has 1 aromatic heterocycles. The highest BCUT2D eigenvalue weighted by Crippen LogP contribution is 2.36. The van der Waals surface area contributed by atoms with Gasteiger partial charge in [-0.15, -0.1) is 11.3 Å². The largest absolute Gasteiger partial charge is 0.506 e. The molecular weight excluding hydrogens is 198 g/mol. The Labute approximate surface area is 84.8 Å². The van der Waals surface area contributed by atoms with Gasteiger partial charge >= 0.3 is 0 Å². The predicted molar refractivity (Wildman–Crippen MR) is 56.9 cm³/mol. The van der Waals surface area contributed by atoms with E-state index in [1.807, 2.05) is 18.2 Å². The zero-order chi connectivity index (χ0) is 10.1. The Morgan fingerprint density at radius 1 is 1.43 bits per heavy atom. The number of Topliss-reactive ketones (excluding diaryl/α,β-unsaturated/α-hetero) is 1. The Balaban J connectivity index is 2.68. The first-order valence-corrected chi connectivity index (χ1v) is 4.99. The van der Waals surface area contributed by atoms with Gasteiger partial charge in [-0.05, 0) is 12.1 Å². The fraction of sp³-hybridized carbons (Fsp3) is 0.100. The smallest absolute Gasteiger partial charge is 0.190 e. The quantitative estimate of drug-likeness (QED) is 0.737. The Hall–Kier alpha value is -1.39. The van der Waals surface area contributed by atoms with Crippen LogP contribution in [0, 0.1) is 0 Å². The van der Waals surface area contributed by atoms with E-state index in [1.165, 1.54) is 11.3 Å². The van der Waals surface area contributed by atoms with E-state index in [2.05, 4.69) is 0 Å². The van der Waals surface area contributed by atoms with Gasteiger partial charge in [0.1, 0.15) is 10.6 Å². The minimum atomic E-state index is -0.219. The number of ketones is 1. The summed E-state index contributed by atoms with van der Waals surface area (Å²) in [6, 6.07) is 7.35. The minimum absolute atomic E-state index is 0.0565. The number of carbonyl (C=O) groups is 1. The standard InChI is InChI=1S/C10H9NO2S/c11-5-7(12)10-9(13)6-3-1-2-4-8(6)14-10/h1-4,13H,5,11H2. The van der Waals surface area contributed by atoms with Crippen LogP contribution < -0.4 is 5.73 Å². The van der Waals surface area contributed by atoms with Crippen LogP contribution in [0.15, 0.2) is 24.3 Å². The topological polar surface area (TPSA) is 63.3 Å². The van der Waals surface area contributed by atoms with Crippen molar-refractivity contribution in [2.24, 2.45) is 5.73 Å². The van der Waals surface area contributed by atoms with Gasteiger partial charge in [0.05, 0.1) is 6.54 Å². The van der Waals surface area contributed by atoms with Gasteiger partial charge in [-0.1, -0.05) is 12.1 Å². The molecule has 0 saturated heterocycles. The molecule has 0 amide bonds. The van der Waals surface area contributed by atoms with Crippen LogP contribution in [0.2, 0.25) is 0 Å². The zero-order valence-corrected chi connectivity index (χ0v) is 8.17. The third kappa shape index (κ3) is 1.29. The molecular formula is C10H9NO2S. The maximum atomic E-state index is 11.3. The van der Waals surface area contributed by atoms with Crippen molar-refractivity contribution in [3.63, 3.8) is 0 Å². The fourth-order valence-corrected chi connectivity index (χ4v) is 2.36. The highest BCUT2D eigenvalue weighted by molar-refractivity contribution is 7.21. The molecule has 0 fully saturated rings. The van der Waals surface area contributed by atoms with Gasteiger partial charge in [0, 0.05) is 10.1 Å². The van der Waals surface area contributed by atoms with E-state index in [-0.39, 0.29) is 18.1 Å². The number of carbonyl (C=O) groups excluding carboxylic acids is 1. The SMILES string of the molecule is NCC(=O)c1sc2ccccc2c1O. The Morgan fingerprint density at radius 3 is 2.79 bits per heavy atom. The molecule has 1 heterocycles. The highest BCUT2D eigenvalue weighted by Gasteiger charge is 2.15. The molecule has 3 nitrogen and oxygen atoms in total. The van der Waals surface area contributed by atoms with E-state index in [9.17, 15) is 9.90 Å². The maximum Gasteiger partial charge on any atom is 0.190 e. The normalized spacial score (nSPS) is 10.6. The second-order valence-corrected chi connectivity index (χ2v) is 3.96. The lowest BCUT2D eigenvalue weighted by atomic mass is 10.2. The van der Waals surface area contributed by atoms with Crippen LogP contribution in [0.1, 0.15) is 9.67 Å². The Kier molecular flexibility index (Phi) is 2.23. The molecule has 0 spiro atoms. The first kappa shape index (κ1) is 9.18. The average molecular weight is 207 g/mol. The lowest BCUT2D eigenvalue weighted by Gasteiger charge is -1.92. The van der Waals surface area contributed by atoms with E-state index in [0.29, 0.717) is 10.3 Å². The molecule has 0 saturated carbocycles. The summed E-state index contributed by atoms with van der Waals surface area (Å²) >= 11 is 1.28. The van der Waals surface area contributed by atoms with Crippen LogP contribution in [-0.2, 0) is 0 Å². The van der Waals surface area contributed by atoms with Crippen LogP contribution in [0.5, 0.6) is 5.75 Å². The monoisotopic (exact) mass is 207 g/mol. The molecule has 4 heteroatoms. The molecule has 0 aliphatic rings. The van der Waals surface area contributed by atoms with E-state index in [0.717, 1.165) is 4.70 Å². The van der Waals surface area contributed by atoms with Crippen LogP contribution in [0.25, 0.3) is 10.1 Å². The maximum absolute atomic E-state index is 11.3. The summed E-state index contributed by atoms with van der Waals surface area (Å²) in [5, 5.41) is 10.4. The molecule has 0 atom stereocenters. The van der Waals surface area contributed by atoms with Crippen molar-refractivity contribution in [2.45, 2.75) is 0 Å². The molecule has 0 aliphatic heterocycles. The molecule has 3 N–H and O–H groups in total. The molecule has 1 aromatic carbocycles. The van der Waals surface area contributed by atoms with E-state index in [1.54, 1.807) is 6.07 Å².